The summed E-state index contributed by atoms with van der Waals surface area (Å²) in [6.45, 7) is 6.69. The lowest BCUT2D eigenvalue weighted by Gasteiger charge is -2.36. The van der Waals surface area contributed by atoms with Crippen LogP contribution >= 0.6 is 0 Å². The van der Waals surface area contributed by atoms with Gasteiger partial charge in [-0.2, -0.15) is 5.10 Å². The highest BCUT2D eigenvalue weighted by molar-refractivity contribution is 5.94. The van der Waals surface area contributed by atoms with Crippen molar-refractivity contribution in [1.29, 1.82) is 0 Å². The summed E-state index contributed by atoms with van der Waals surface area (Å²) in [5, 5.41) is 5.53. The minimum atomic E-state index is -0.345. The summed E-state index contributed by atoms with van der Waals surface area (Å²) in [5.74, 6) is 1.44. The minimum absolute atomic E-state index is 0.0790. The molecule has 174 valence electrons. The van der Waals surface area contributed by atoms with E-state index in [9.17, 15) is 9.18 Å². The van der Waals surface area contributed by atoms with Gasteiger partial charge in [-0.3, -0.25) is 4.79 Å². The highest BCUT2D eigenvalue weighted by atomic mass is 19.1. The molecule has 2 aromatic heterocycles. The number of para-hydroxylation sites is 1. The van der Waals surface area contributed by atoms with Gasteiger partial charge in [0.25, 0.3) is 5.91 Å². The second kappa shape index (κ2) is 9.21. The fraction of sp³-hybridized carbons (Fsp3) is 0.308. The van der Waals surface area contributed by atoms with Crippen molar-refractivity contribution in [3.05, 3.63) is 78.0 Å². The van der Waals surface area contributed by atoms with Gasteiger partial charge in [-0.05, 0) is 42.8 Å². The molecular formula is C26H27FN6O. The number of hydrogen-bond acceptors (Lipinski definition) is 5. The van der Waals surface area contributed by atoms with Crippen molar-refractivity contribution in [1.82, 2.24) is 24.6 Å². The van der Waals surface area contributed by atoms with Crippen molar-refractivity contribution in [3.8, 4) is 5.69 Å². The first kappa shape index (κ1) is 22.0. The lowest BCUT2D eigenvalue weighted by Crippen LogP contribution is -2.49. The molecule has 8 heteroatoms. The molecule has 1 saturated heterocycles. The van der Waals surface area contributed by atoms with Gasteiger partial charge in [-0.15, -0.1) is 0 Å². The SMILES string of the molecule is CCC(C)c1nc(N2CCN(C(=O)c3ccc(F)cc3)CC2)c2cnn(-c3ccccc3)c2n1. The Hall–Kier alpha value is -3.81. The second-order valence-corrected chi connectivity index (χ2v) is 8.63. The van der Waals surface area contributed by atoms with Gasteiger partial charge in [-0.25, -0.2) is 19.0 Å². The zero-order valence-corrected chi connectivity index (χ0v) is 19.4. The van der Waals surface area contributed by atoms with Crippen molar-refractivity contribution in [2.24, 2.45) is 0 Å². The highest BCUT2D eigenvalue weighted by Crippen LogP contribution is 2.29. The van der Waals surface area contributed by atoms with Crippen molar-refractivity contribution < 1.29 is 9.18 Å². The number of aromatic nitrogens is 4. The third kappa shape index (κ3) is 4.11. The molecule has 0 aliphatic carbocycles. The zero-order valence-electron chi connectivity index (χ0n) is 19.4. The third-order valence-corrected chi connectivity index (χ3v) is 6.44. The van der Waals surface area contributed by atoms with Crippen LogP contribution in [0.4, 0.5) is 10.2 Å². The van der Waals surface area contributed by atoms with Crippen LogP contribution in [0.25, 0.3) is 16.7 Å². The zero-order chi connectivity index (χ0) is 23.7. The Morgan fingerprint density at radius 2 is 1.71 bits per heavy atom. The molecule has 1 aliphatic rings. The van der Waals surface area contributed by atoms with E-state index in [4.69, 9.17) is 9.97 Å². The lowest BCUT2D eigenvalue weighted by atomic mass is 10.1. The molecule has 2 aromatic carbocycles. The Morgan fingerprint density at radius 1 is 1.00 bits per heavy atom. The van der Waals surface area contributed by atoms with Crippen LogP contribution in [-0.2, 0) is 0 Å². The average Bonchev–Trinajstić information content (AvgIpc) is 3.32. The summed E-state index contributed by atoms with van der Waals surface area (Å²) >= 11 is 0. The number of benzene rings is 2. The number of carbonyl (C=O) groups is 1. The molecular weight excluding hydrogens is 431 g/mol. The van der Waals surface area contributed by atoms with E-state index < -0.39 is 0 Å². The fourth-order valence-electron chi connectivity index (χ4n) is 4.21. The van der Waals surface area contributed by atoms with Gasteiger partial charge in [0.05, 0.1) is 17.3 Å². The monoisotopic (exact) mass is 458 g/mol. The van der Waals surface area contributed by atoms with Crippen LogP contribution in [0.15, 0.2) is 60.8 Å². The summed E-state index contributed by atoms with van der Waals surface area (Å²) in [6, 6.07) is 15.7. The summed E-state index contributed by atoms with van der Waals surface area (Å²) < 4.78 is 15.1. The number of fused-ring (bicyclic) bond motifs is 1. The summed E-state index contributed by atoms with van der Waals surface area (Å²) in [7, 11) is 0. The maximum Gasteiger partial charge on any atom is 0.253 e. The molecule has 0 radical (unpaired) electrons. The van der Waals surface area contributed by atoms with Gasteiger partial charge in [-0.1, -0.05) is 32.0 Å². The Labute approximate surface area is 197 Å². The average molecular weight is 459 g/mol. The number of amides is 1. The predicted octanol–water partition coefficient (Wildman–Crippen LogP) is 4.43. The first-order valence-corrected chi connectivity index (χ1v) is 11.7. The number of nitrogens with zero attached hydrogens (tertiary/aromatic N) is 6. The molecule has 5 rings (SSSR count). The van der Waals surface area contributed by atoms with E-state index in [1.165, 1.54) is 24.3 Å². The Bertz CT molecular complexity index is 1300. The van der Waals surface area contributed by atoms with E-state index in [0.29, 0.717) is 31.7 Å². The van der Waals surface area contributed by atoms with Crippen LogP contribution in [0.1, 0.15) is 42.4 Å². The number of carbonyl (C=O) groups excluding carboxylic acids is 1. The standard InChI is InChI=1S/C26H27FN6O/c1-3-18(2)23-29-24(22-17-28-33(25(22)30-23)21-7-5-4-6-8-21)31-13-15-32(16-14-31)26(34)19-9-11-20(27)12-10-19/h4-12,17-18H,3,13-16H2,1-2H3. The van der Waals surface area contributed by atoms with Gasteiger partial charge in [0, 0.05) is 37.7 Å². The number of hydrogen-bond donors (Lipinski definition) is 0. The van der Waals surface area contributed by atoms with Gasteiger partial charge < -0.3 is 9.80 Å². The Balaban J connectivity index is 1.45. The van der Waals surface area contributed by atoms with Crippen molar-refractivity contribution in [2.45, 2.75) is 26.2 Å². The molecule has 1 unspecified atom stereocenters. The van der Waals surface area contributed by atoms with Crippen LogP contribution in [0.5, 0.6) is 0 Å². The summed E-state index contributed by atoms with van der Waals surface area (Å²) in [4.78, 5) is 26.7. The molecule has 0 spiro atoms. The molecule has 0 N–H and O–H groups in total. The smallest absolute Gasteiger partial charge is 0.253 e. The molecule has 7 nitrogen and oxygen atoms in total. The van der Waals surface area contributed by atoms with Crippen LogP contribution < -0.4 is 4.90 Å². The topological polar surface area (TPSA) is 67.2 Å². The van der Waals surface area contributed by atoms with Crippen LogP contribution in [-0.4, -0.2) is 56.7 Å². The Morgan fingerprint density at radius 3 is 2.38 bits per heavy atom. The molecule has 0 bridgehead atoms. The van der Waals surface area contributed by atoms with E-state index in [1.54, 1.807) is 0 Å². The Kier molecular flexibility index (Phi) is 5.96. The number of halogens is 1. The normalized spacial score (nSPS) is 15.0. The first-order valence-electron chi connectivity index (χ1n) is 11.7. The largest absolute Gasteiger partial charge is 0.352 e. The summed E-state index contributed by atoms with van der Waals surface area (Å²) in [6.07, 6.45) is 2.76. The van der Waals surface area contributed by atoms with E-state index in [-0.39, 0.29) is 17.6 Å². The van der Waals surface area contributed by atoms with Crippen LogP contribution in [0.3, 0.4) is 0 Å². The van der Waals surface area contributed by atoms with Crippen molar-refractivity contribution in [2.75, 3.05) is 31.1 Å². The fourth-order valence-corrected chi connectivity index (χ4v) is 4.21. The van der Waals surface area contributed by atoms with Crippen LogP contribution in [0.2, 0.25) is 0 Å². The molecule has 1 aliphatic heterocycles. The van der Waals surface area contributed by atoms with E-state index in [1.807, 2.05) is 46.1 Å². The molecule has 1 amide bonds. The van der Waals surface area contributed by atoms with Crippen LogP contribution in [0, 0.1) is 5.82 Å². The molecule has 4 aromatic rings. The summed E-state index contributed by atoms with van der Waals surface area (Å²) in [5.41, 5.74) is 2.24. The maximum absolute atomic E-state index is 13.2. The van der Waals surface area contributed by atoms with E-state index >= 15 is 0 Å². The lowest BCUT2D eigenvalue weighted by molar-refractivity contribution is 0.0746. The third-order valence-electron chi connectivity index (χ3n) is 6.44. The molecule has 3 heterocycles. The highest BCUT2D eigenvalue weighted by Gasteiger charge is 2.26. The minimum Gasteiger partial charge on any atom is -0.352 e. The number of anilines is 1. The first-order chi connectivity index (χ1) is 16.5. The molecule has 0 saturated carbocycles. The predicted molar refractivity (Wildman–Crippen MR) is 130 cm³/mol. The quantitative estimate of drug-likeness (QED) is 0.443. The maximum atomic E-state index is 13.2. The van der Waals surface area contributed by atoms with Gasteiger partial charge in [0.15, 0.2) is 5.65 Å². The van der Waals surface area contributed by atoms with Gasteiger partial charge in [0.1, 0.15) is 17.5 Å². The van der Waals surface area contributed by atoms with E-state index in [0.717, 1.165) is 34.8 Å². The molecule has 1 fully saturated rings. The number of piperazine rings is 1. The number of rotatable bonds is 5. The second-order valence-electron chi connectivity index (χ2n) is 8.63. The van der Waals surface area contributed by atoms with E-state index in [2.05, 4.69) is 23.8 Å². The van der Waals surface area contributed by atoms with Crippen molar-refractivity contribution in [3.63, 3.8) is 0 Å². The van der Waals surface area contributed by atoms with Gasteiger partial charge in [0.2, 0.25) is 0 Å². The molecule has 1 atom stereocenters. The van der Waals surface area contributed by atoms with Crippen molar-refractivity contribution >= 4 is 22.8 Å². The van der Waals surface area contributed by atoms with Gasteiger partial charge >= 0.3 is 0 Å². The molecule has 34 heavy (non-hydrogen) atoms.